The zero-order chi connectivity index (χ0) is 13.0. The zero-order valence-electron chi connectivity index (χ0n) is 10.7. The third-order valence-corrected chi connectivity index (χ3v) is 2.38. The van der Waals surface area contributed by atoms with Gasteiger partial charge in [-0.15, -0.1) is 0 Å². The summed E-state index contributed by atoms with van der Waals surface area (Å²) in [4.78, 5) is 13.8. The minimum atomic E-state index is -0.481. The Morgan fingerprint density at radius 2 is 2.12 bits per heavy atom. The molecule has 1 unspecified atom stereocenters. The van der Waals surface area contributed by atoms with E-state index in [1.54, 1.807) is 12.1 Å². The van der Waals surface area contributed by atoms with Gasteiger partial charge in [0.05, 0.1) is 5.56 Å². The molecular formula is C13H19FN2O. The molecule has 1 atom stereocenters. The van der Waals surface area contributed by atoms with Gasteiger partial charge in [0.15, 0.2) is 0 Å². The van der Waals surface area contributed by atoms with E-state index in [-0.39, 0.29) is 17.5 Å². The van der Waals surface area contributed by atoms with Gasteiger partial charge in [0.2, 0.25) is 0 Å². The quantitative estimate of drug-likeness (QED) is 0.867. The topological polar surface area (TPSA) is 32.3 Å². The summed E-state index contributed by atoms with van der Waals surface area (Å²) < 4.78 is 13.5. The third kappa shape index (κ3) is 4.15. The van der Waals surface area contributed by atoms with Crippen LogP contribution in [0.2, 0.25) is 0 Å². The van der Waals surface area contributed by atoms with Crippen LogP contribution in [0.5, 0.6) is 0 Å². The summed E-state index contributed by atoms with van der Waals surface area (Å²) in [5.74, 6) is -0.842. The molecule has 0 heterocycles. The Hall–Kier alpha value is -1.42. The van der Waals surface area contributed by atoms with Crippen molar-refractivity contribution in [3.63, 3.8) is 0 Å². The predicted molar refractivity (Wildman–Crippen MR) is 66.6 cm³/mol. The van der Waals surface area contributed by atoms with E-state index in [1.165, 1.54) is 6.07 Å². The number of nitrogens with one attached hydrogen (secondary N) is 1. The highest BCUT2D eigenvalue weighted by Gasteiger charge is 2.14. The molecule has 0 aliphatic carbocycles. The molecule has 0 saturated carbocycles. The van der Waals surface area contributed by atoms with Crippen LogP contribution in [-0.2, 0) is 0 Å². The molecule has 1 aromatic carbocycles. The van der Waals surface area contributed by atoms with Crippen LogP contribution in [-0.4, -0.2) is 37.5 Å². The van der Waals surface area contributed by atoms with Gasteiger partial charge < -0.3 is 10.2 Å². The number of carbonyl (C=O) groups is 1. The molecule has 1 aromatic rings. The Morgan fingerprint density at radius 1 is 1.47 bits per heavy atom. The third-order valence-electron chi connectivity index (χ3n) is 2.38. The molecule has 0 aliphatic heterocycles. The minimum absolute atomic E-state index is 0.0163. The summed E-state index contributed by atoms with van der Waals surface area (Å²) in [6.45, 7) is 4.45. The Labute approximate surface area is 102 Å². The normalized spacial score (nSPS) is 12.6. The number of likely N-dealkylation sites (N-methyl/N-ethyl adjacent to an activating group) is 1. The highest BCUT2D eigenvalue weighted by atomic mass is 19.1. The van der Waals surface area contributed by atoms with Crippen molar-refractivity contribution in [2.24, 2.45) is 0 Å². The fourth-order valence-electron chi connectivity index (χ4n) is 1.71. The van der Waals surface area contributed by atoms with Crippen molar-refractivity contribution in [2.45, 2.75) is 19.9 Å². The van der Waals surface area contributed by atoms with Gasteiger partial charge in [-0.05, 0) is 40.1 Å². The second-order valence-corrected chi connectivity index (χ2v) is 4.62. The predicted octanol–water partition coefficient (Wildman–Crippen LogP) is 1.81. The Bertz CT molecular complexity index is 404. The average Bonchev–Trinajstić information content (AvgIpc) is 2.20. The van der Waals surface area contributed by atoms with Crippen molar-refractivity contribution in [3.8, 4) is 0 Å². The number of benzene rings is 1. The molecule has 0 fully saturated rings. The standard InChI is InChI=1S/C13H19FN2O/c1-9-5-6-12(14)11(7-9)13(17)15-10(2)8-16(3)4/h5-7,10H,8H2,1-4H3,(H,15,17). The van der Waals surface area contributed by atoms with Crippen molar-refractivity contribution in [3.05, 3.63) is 35.1 Å². The summed E-state index contributed by atoms with van der Waals surface area (Å²) in [6.07, 6.45) is 0. The van der Waals surface area contributed by atoms with Crippen LogP contribution < -0.4 is 5.32 Å². The van der Waals surface area contributed by atoms with E-state index in [0.717, 1.165) is 12.1 Å². The first kappa shape index (κ1) is 13.6. The van der Waals surface area contributed by atoms with E-state index in [2.05, 4.69) is 5.32 Å². The number of rotatable bonds is 4. The smallest absolute Gasteiger partial charge is 0.254 e. The summed E-state index contributed by atoms with van der Waals surface area (Å²) in [5.41, 5.74) is 0.979. The summed E-state index contributed by atoms with van der Waals surface area (Å²) >= 11 is 0. The first-order valence-electron chi connectivity index (χ1n) is 5.62. The van der Waals surface area contributed by atoms with Crippen molar-refractivity contribution in [1.82, 2.24) is 10.2 Å². The number of hydrogen-bond acceptors (Lipinski definition) is 2. The average molecular weight is 238 g/mol. The molecule has 3 nitrogen and oxygen atoms in total. The molecule has 0 spiro atoms. The second-order valence-electron chi connectivity index (χ2n) is 4.62. The lowest BCUT2D eigenvalue weighted by Crippen LogP contribution is -2.39. The number of halogens is 1. The molecule has 94 valence electrons. The number of hydrogen-bond donors (Lipinski definition) is 1. The van der Waals surface area contributed by atoms with Gasteiger partial charge in [0.1, 0.15) is 5.82 Å². The summed E-state index contributed by atoms with van der Waals surface area (Å²) in [5, 5.41) is 2.77. The molecule has 0 bridgehead atoms. The monoisotopic (exact) mass is 238 g/mol. The van der Waals surface area contributed by atoms with Crippen LogP contribution in [0.1, 0.15) is 22.8 Å². The molecule has 0 aliphatic rings. The van der Waals surface area contributed by atoms with Crippen molar-refractivity contribution in [2.75, 3.05) is 20.6 Å². The molecule has 4 heteroatoms. The highest BCUT2D eigenvalue weighted by Crippen LogP contribution is 2.10. The maximum absolute atomic E-state index is 13.5. The van der Waals surface area contributed by atoms with Crippen LogP contribution >= 0.6 is 0 Å². The Morgan fingerprint density at radius 3 is 2.71 bits per heavy atom. The van der Waals surface area contributed by atoms with Crippen molar-refractivity contribution >= 4 is 5.91 Å². The first-order valence-corrected chi connectivity index (χ1v) is 5.62. The summed E-state index contributed by atoms with van der Waals surface area (Å²) in [6, 6.07) is 4.51. The number of carbonyl (C=O) groups excluding carboxylic acids is 1. The van der Waals surface area contributed by atoms with Gasteiger partial charge in [0, 0.05) is 12.6 Å². The molecule has 17 heavy (non-hydrogen) atoms. The van der Waals surface area contributed by atoms with E-state index >= 15 is 0 Å². The van der Waals surface area contributed by atoms with Gasteiger partial charge in [-0.25, -0.2) is 4.39 Å². The lowest BCUT2D eigenvalue weighted by atomic mass is 10.1. The maximum Gasteiger partial charge on any atom is 0.254 e. The Balaban J connectivity index is 2.73. The highest BCUT2D eigenvalue weighted by molar-refractivity contribution is 5.94. The lowest BCUT2D eigenvalue weighted by Gasteiger charge is -2.18. The van der Waals surface area contributed by atoms with Crippen LogP contribution in [0, 0.1) is 12.7 Å². The molecule has 0 radical (unpaired) electrons. The van der Waals surface area contributed by atoms with Gasteiger partial charge in [-0.2, -0.15) is 0 Å². The lowest BCUT2D eigenvalue weighted by molar-refractivity contribution is 0.0930. The minimum Gasteiger partial charge on any atom is -0.348 e. The van der Waals surface area contributed by atoms with Crippen molar-refractivity contribution < 1.29 is 9.18 Å². The molecule has 0 aromatic heterocycles. The van der Waals surface area contributed by atoms with Crippen LogP contribution in [0.25, 0.3) is 0 Å². The largest absolute Gasteiger partial charge is 0.348 e. The number of aryl methyl sites for hydroxylation is 1. The second kappa shape index (κ2) is 5.77. The van der Waals surface area contributed by atoms with E-state index in [0.29, 0.717) is 0 Å². The molecule has 1 amide bonds. The maximum atomic E-state index is 13.5. The van der Waals surface area contributed by atoms with Gasteiger partial charge in [0.25, 0.3) is 5.91 Å². The van der Waals surface area contributed by atoms with Crippen LogP contribution in [0.3, 0.4) is 0 Å². The van der Waals surface area contributed by atoms with E-state index in [1.807, 2.05) is 32.8 Å². The first-order chi connectivity index (χ1) is 7.90. The molecule has 1 rings (SSSR count). The van der Waals surface area contributed by atoms with E-state index in [4.69, 9.17) is 0 Å². The van der Waals surface area contributed by atoms with E-state index in [9.17, 15) is 9.18 Å². The molecule has 0 saturated heterocycles. The van der Waals surface area contributed by atoms with Gasteiger partial charge >= 0.3 is 0 Å². The van der Waals surface area contributed by atoms with Crippen LogP contribution in [0.15, 0.2) is 18.2 Å². The number of nitrogens with zero attached hydrogens (tertiary/aromatic N) is 1. The zero-order valence-corrected chi connectivity index (χ0v) is 10.7. The Kier molecular flexibility index (Phi) is 4.63. The van der Waals surface area contributed by atoms with E-state index < -0.39 is 5.82 Å². The molecular weight excluding hydrogens is 219 g/mol. The fraction of sp³-hybridized carbons (Fsp3) is 0.462. The number of amides is 1. The SMILES string of the molecule is Cc1ccc(F)c(C(=O)NC(C)CN(C)C)c1. The molecule has 1 N–H and O–H groups in total. The van der Waals surface area contributed by atoms with Gasteiger partial charge in [-0.1, -0.05) is 11.6 Å². The summed E-state index contributed by atoms with van der Waals surface area (Å²) in [7, 11) is 3.85. The van der Waals surface area contributed by atoms with Crippen molar-refractivity contribution in [1.29, 1.82) is 0 Å². The fourth-order valence-corrected chi connectivity index (χ4v) is 1.71. The van der Waals surface area contributed by atoms with Gasteiger partial charge in [-0.3, -0.25) is 4.79 Å². The van der Waals surface area contributed by atoms with Crippen LogP contribution in [0.4, 0.5) is 4.39 Å².